The number of benzene rings is 2. The first-order chi connectivity index (χ1) is 15.9. The first-order valence-electron chi connectivity index (χ1n) is 11.4. The van der Waals surface area contributed by atoms with Crippen molar-refractivity contribution >= 4 is 28.5 Å². The lowest BCUT2D eigenvalue weighted by molar-refractivity contribution is -0.145. The van der Waals surface area contributed by atoms with Gasteiger partial charge in [-0.3, -0.25) is 19.3 Å². The van der Waals surface area contributed by atoms with Gasteiger partial charge in [0.05, 0.1) is 18.7 Å². The van der Waals surface area contributed by atoms with E-state index in [9.17, 15) is 9.59 Å². The third-order valence-corrected chi connectivity index (χ3v) is 6.09. The molecule has 1 aliphatic rings. The summed E-state index contributed by atoms with van der Waals surface area (Å²) >= 11 is 0. The molecule has 2 aromatic carbocycles. The summed E-state index contributed by atoms with van der Waals surface area (Å²) in [7, 11) is 1.79. The maximum Gasteiger partial charge on any atom is 0.325 e. The zero-order chi connectivity index (χ0) is 23.5. The van der Waals surface area contributed by atoms with Gasteiger partial charge in [-0.25, -0.2) is 5.01 Å². The molecular weight excluding hydrogens is 418 g/mol. The highest BCUT2D eigenvalue weighted by Gasteiger charge is 2.27. The Morgan fingerprint density at radius 1 is 1.09 bits per heavy atom. The minimum Gasteiger partial charge on any atom is -0.465 e. The highest BCUT2D eigenvalue weighted by Crippen LogP contribution is 2.27. The standard InChI is InChI=1S/C25H31N5O3/c1-5-29-13-21-12-23(18(3)11-22(21)26-29)28(17-25(32)33-6-2)16-24(31)27(4)30-14-19-9-7-8-10-20(19)15-30/h7-13H,5-6,14-17H2,1-4H3. The van der Waals surface area contributed by atoms with E-state index in [2.05, 4.69) is 17.2 Å². The van der Waals surface area contributed by atoms with Gasteiger partial charge in [-0.1, -0.05) is 24.3 Å². The van der Waals surface area contributed by atoms with Crippen LogP contribution >= 0.6 is 0 Å². The fourth-order valence-corrected chi connectivity index (χ4v) is 4.26. The van der Waals surface area contributed by atoms with Gasteiger partial charge in [0.25, 0.3) is 5.91 Å². The largest absolute Gasteiger partial charge is 0.465 e. The molecule has 8 nitrogen and oxygen atoms in total. The molecule has 1 aromatic heterocycles. The number of carbonyl (C=O) groups excluding carboxylic acids is 2. The number of nitrogens with zero attached hydrogens (tertiary/aromatic N) is 5. The van der Waals surface area contributed by atoms with Gasteiger partial charge in [-0.15, -0.1) is 0 Å². The predicted octanol–water partition coefficient (Wildman–Crippen LogP) is 3.12. The summed E-state index contributed by atoms with van der Waals surface area (Å²) in [5, 5.41) is 9.24. The monoisotopic (exact) mass is 449 g/mol. The summed E-state index contributed by atoms with van der Waals surface area (Å²) < 4.78 is 7.08. The molecule has 0 saturated heterocycles. The Bertz CT molecular complexity index is 1150. The quantitative estimate of drug-likeness (QED) is 0.492. The highest BCUT2D eigenvalue weighted by atomic mass is 16.5. The van der Waals surface area contributed by atoms with Gasteiger partial charge in [0.15, 0.2) is 0 Å². The molecule has 4 rings (SSSR count). The molecule has 0 bridgehead atoms. The number of ether oxygens (including phenoxy) is 1. The maximum atomic E-state index is 13.3. The second-order valence-electron chi connectivity index (χ2n) is 8.35. The zero-order valence-corrected chi connectivity index (χ0v) is 19.7. The van der Waals surface area contributed by atoms with E-state index in [1.54, 1.807) is 23.9 Å². The molecule has 0 radical (unpaired) electrons. The molecule has 0 unspecified atom stereocenters. The van der Waals surface area contributed by atoms with Crippen LogP contribution in [0.2, 0.25) is 0 Å². The number of fused-ring (bicyclic) bond motifs is 2. The summed E-state index contributed by atoms with van der Waals surface area (Å²) in [4.78, 5) is 27.5. The van der Waals surface area contributed by atoms with Crippen LogP contribution in [0, 0.1) is 6.92 Å². The fraction of sp³-hybridized carbons (Fsp3) is 0.400. The number of aromatic nitrogens is 2. The lowest BCUT2D eigenvalue weighted by atomic mass is 10.1. The van der Waals surface area contributed by atoms with Crippen LogP contribution < -0.4 is 4.90 Å². The van der Waals surface area contributed by atoms with Crippen molar-refractivity contribution in [2.75, 3.05) is 31.6 Å². The van der Waals surface area contributed by atoms with E-state index in [-0.39, 0.29) is 25.0 Å². The van der Waals surface area contributed by atoms with E-state index in [1.807, 2.05) is 54.0 Å². The van der Waals surface area contributed by atoms with Crippen LogP contribution in [-0.2, 0) is 34.0 Å². The van der Waals surface area contributed by atoms with Crippen molar-refractivity contribution in [3.63, 3.8) is 0 Å². The number of hydrogen-bond acceptors (Lipinski definition) is 6. The third-order valence-electron chi connectivity index (χ3n) is 6.09. The van der Waals surface area contributed by atoms with E-state index < -0.39 is 0 Å². The molecular formula is C25H31N5O3. The van der Waals surface area contributed by atoms with Crippen molar-refractivity contribution in [1.82, 2.24) is 19.8 Å². The molecule has 1 amide bonds. The highest BCUT2D eigenvalue weighted by molar-refractivity contribution is 5.89. The zero-order valence-electron chi connectivity index (χ0n) is 19.7. The van der Waals surface area contributed by atoms with Crippen molar-refractivity contribution in [2.24, 2.45) is 0 Å². The Labute approximate surface area is 194 Å². The number of rotatable bonds is 8. The Hall–Kier alpha value is -3.39. The maximum absolute atomic E-state index is 13.3. The number of amides is 1. The summed E-state index contributed by atoms with van der Waals surface area (Å²) in [5.41, 5.74) is 5.15. The number of hydrazine groups is 1. The van der Waals surface area contributed by atoms with Gasteiger partial charge in [0.1, 0.15) is 6.54 Å². The van der Waals surface area contributed by atoms with Crippen LogP contribution in [0.3, 0.4) is 0 Å². The van der Waals surface area contributed by atoms with E-state index in [0.29, 0.717) is 19.7 Å². The average molecular weight is 450 g/mol. The Balaban J connectivity index is 1.57. The number of anilines is 1. The molecule has 0 fully saturated rings. The van der Waals surface area contributed by atoms with E-state index in [1.165, 1.54) is 11.1 Å². The van der Waals surface area contributed by atoms with E-state index in [0.717, 1.165) is 28.7 Å². The first kappa shape index (κ1) is 22.8. The smallest absolute Gasteiger partial charge is 0.325 e. The molecule has 0 aliphatic carbocycles. The summed E-state index contributed by atoms with van der Waals surface area (Å²) in [6, 6.07) is 12.2. The first-order valence-corrected chi connectivity index (χ1v) is 11.4. The van der Waals surface area contributed by atoms with Gasteiger partial charge in [-0.2, -0.15) is 5.10 Å². The third kappa shape index (κ3) is 4.85. The molecule has 0 atom stereocenters. The summed E-state index contributed by atoms with van der Waals surface area (Å²) in [6.07, 6.45) is 1.98. The van der Waals surface area contributed by atoms with Crippen LogP contribution in [0.1, 0.15) is 30.5 Å². The second kappa shape index (κ2) is 9.62. The van der Waals surface area contributed by atoms with Crippen molar-refractivity contribution in [2.45, 2.75) is 40.4 Å². The Morgan fingerprint density at radius 2 is 1.79 bits per heavy atom. The summed E-state index contributed by atoms with van der Waals surface area (Å²) in [6.45, 7) is 8.32. The van der Waals surface area contributed by atoms with Crippen LogP contribution in [0.25, 0.3) is 10.9 Å². The van der Waals surface area contributed by atoms with Gasteiger partial charge in [0.2, 0.25) is 0 Å². The normalized spacial score (nSPS) is 13.2. The van der Waals surface area contributed by atoms with E-state index in [4.69, 9.17) is 4.74 Å². The van der Waals surface area contributed by atoms with Gasteiger partial charge < -0.3 is 9.64 Å². The van der Waals surface area contributed by atoms with Crippen LogP contribution in [-0.4, -0.2) is 58.4 Å². The molecule has 2 heterocycles. The minimum absolute atomic E-state index is 0.00189. The molecule has 8 heteroatoms. The molecule has 3 aromatic rings. The van der Waals surface area contributed by atoms with Gasteiger partial charge in [0, 0.05) is 44.0 Å². The predicted molar refractivity (Wildman–Crippen MR) is 127 cm³/mol. The summed E-state index contributed by atoms with van der Waals surface area (Å²) in [5.74, 6) is -0.443. The lowest BCUT2D eigenvalue weighted by Gasteiger charge is -2.31. The molecule has 174 valence electrons. The van der Waals surface area contributed by atoms with Crippen molar-refractivity contribution in [3.8, 4) is 0 Å². The number of carbonyl (C=O) groups is 2. The fourth-order valence-electron chi connectivity index (χ4n) is 4.26. The molecule has 0 spiro atoms. The van der Waals surface area contributed by atoms with Crippen molar-refractivity contribution < 1.29 is 14.3 Å². The average Bonchev–Trinajstić information content (AvgIpc) is 3.41. The molecule has 1 aliphatic heterocycles. The second-order valence-corrected chi connectivity index (χ2v) is 8.35. The molecule has 0 saturated carbocycles. The Morgan fingerprint density at radius 3 is 2.42 bits per heavy atom. The topological polar surface area (TPSA) is 70.9 Å². The van der Waals surface area contributed by atoms with Crippen molar-refractivity contribution in [3.05, 3.63) is 59.3 Å². The number of likely N-dealkylation sites (N-methyl/N-ethyl adjacent to an activating group) is 1. The van der Waals surface area contributed by atoms with Gasteiger partial charge in [-0.05, 0) is 49.6 Å². The SMILES string of the molecule is CCOC(=O)CN(CC(=O)N(C)N1Cc2ccccc2C1)c1cc2cn(CC)nc2cc1C. The van der Waals surface area contributed by atoms with Crippen molar-refractivity contribution in [1.29, 1.82) is 0 Å². The lowest BCUT2D eigenvalue weighted by Crippen LogP contribution is -2.47. The van der Waals surface area contributed by atoms with Crippen LogP contribution in [0.5, 0.6) is 0 Å². The van der Waals surface area contributed by atoms with E-state index >= 15 is 0 Å². The minimum atomic E-state index is -0.356. The number of esters is 1. The Kier molecular flexibility index (Phi) is 6.65. The molecule has 0 N–H and O–H groups in total. The van der Waals surface area contributed by atoms with Gasteiger partial charge >= 0.3 is 5.97 Å². The van der Waals surface area contributed by atoms with Crippen LogP contribution in [0.15, 0.2) is 42.6 Å². The molecule has 33 heavy (non-hydrogen) atoms. The number of hydrogen-bond donors (Lipinski definition) is 0. The van der Waals surface area contributed by atoms with Crippen LogP contribution in [0.4, 0.5) is 5.69 Å². The number of aryl methyl sites for hydroxylation is 2.